The van der Waals surface area contributed by atoms with Gasteiger partial charge in [-0.3, -0.25) is 9.69 Å². The zero-order chi connectivity index (χ0) is 18.4. The lowest BCUT2D eigenvalue weighted by Crippen LogP contribution is -2.30. The van der Waals surface area contributed by atoms with Gasteiger partial charge in [0, 0.05) is 12.2 Å². The van der Waals surface area contributed by atoms with E-state index in [-0.39, 0.29) is 24.6 Å². The van der Waals surface area contributed by atoms with Gasteiger partial charge in [0.1, 0.15) is 0 Å². The lowest BCUT2D eigenvalue weighted by Gasteiger charge is -2.20. The van der Waals surface area contributed by atoms with Gasteiger partial charge in [-0.1, -0.05) is 43.3 Å². The number of alkyl halides is 3. The number of rotatable bonds is 6. The molecule has 2 aromatic carbocycles. The number of para-hydroxylation sites is 1. The summed E-state index contributed by atoms with van der Waals surface area (Å²) >= 11 is 0. The Bertz CT molecular complexity index is 729. The molecule has 2 aromatic rings. The van der Waals surface area contributed by atoms with Crippen LogP contribution in [-0.2, 0) is 23.9 Å². The van der Waals surface area contributed by atoms with Crippen LogP contribution in [0, 0.1) is 0 Å². The van der Waals surface area contributed by atoms with E-state index < -0.39 is 11.7 Å². The molecular formula is C19H21F3N2O. The summed E-state index contributed by atoms with van der Waals surface area (Å²) in [4.78, 5) is 13.8. The zero-order valence-electron chi connectivity index (χ0n) is 14.2. The second-order valence-corrected chi connectivity index (χ2v) is 5.89. The number of nitrogens with zero attached hydrogens (tertiary/aromatic N) is 1. The van der Waals surface area contributed by atoms with Crippen molar-refractivity contribution < 1.29 is 18.0 Å². The summed E-state index contributed by atoms with van der Waals surface area (Å²) in [5.74, 6) is -0.257. The molecule has 0 aliphatic carbocycles. The average molecular weight is 350 g/mol. The van der Waals surface area contributed by atoms with Crippen LogP contribution in [0.1, 0.15) is 23.6 Å². The molecule has 1 amide bonds. The van der Waals surface area contributed by atoms with Crippen molar-refractivity contribution >= 4 is 11.6 Å². The quantitative estimate of drug-likeness (QED) is 0.841. The molecule has 25 heavy (non-hydrogen) atoms. The molecule has 2 rings (SSSR count). The summed E-state index contributed by atoms with van der Waals surface area (Å²) in [6.07, 6.45) is -3.62. The first-order valence-corrected chi connectivity index (χ1v) is 8.02. The fourth-order valence-corrected chi connectivity index (χ4v) is 2.67. The molecule has 0 spiro atoms. The minimum Gasteiger partial charge on any atom is -0.325 e. The van der Waals surface area contributed by atoms with E-state index in [2.05, 4.69) is 5.32 Å². The van der Waals surface area contributed by atoms with Gasteiger partial charge in [-0.05, 0) is 36.7 Å². The summed E-state index contributed by atoms with van der Waals surface area (Å²) in [7, 11) is 1.62. The van der Waals surface area contributed by atoms with Gasteiger partial charge in [-0.15, -0.1) is 0 Å². The number of anilines is 1. The number of hydrogen-bond acceptors (Lipinski definition) is 2. The molecule has 0 saturated heterocycles. The third kappa shape index (κ3) is 5.32. The second-order valence-electron chi connectivity index (χ2n) is 5.89. The molecule has 0 aliphatic heterocycles. The molecule has 0 heterocycles. The highest BCUT2D eigenvalue weighted by Gasteiger charge is 2.33. The summed E-state index contributed by atoms with van der Waals surface area (Å²) in [6, 6.07) is 12.9. The van der Waals surface area contributed by atoms with Gasteiger partial charge in [0.2, 0.25) is 5.91 Å². The standard InChI is InChI=1S/C19H21F3N2O/c1-3-14-8-5-7-11-17(14)23-18(25)13-24(2)12-15-9-4-6-10-16(15)19(20,21)22/h4-11H,3,12-13H2,1-2H3,(H,23,25). The molecule has 134 valence electrons. The van der Waals surface area contributed by atoms with Crippen LogP contribution >= 0.6 is 0 Å². The van der Waals surface area contributed by atoms with Gasteiger partial charge in [0.05, 0.1) is 12.1 Å². The largest absolute Gasteiger partial charge is 0.416 e. The number of carbonyl (C=O) groups is 1. The lowest BCUT2D eigenvalue weighted by molar-refractivity contribution is -0.138. The van der Waals surface area contributed by atoms with Gasteiger partial charge in [-0.2, -0.15) is 13.2 Å². The van der Waals surface area contributed by atoms with E-state index in [4.69, 9.17) is 0 Å². The van der Waals surface area contributed by atoms with Gasteiger partial charge in [0.15, 0.2) is 0 Å². The van der Waals surface area contributed by atoms with Crippen molar-refractivity contribution in [2.45, 2.75) is 26.1 Å². The molecular weight excluding hydrogens is 329 g/mol. The van der Waals surface area contributed by atoms with E-state index in [9.17, 15) is 18.0 Å². The number of hydrogen-bond donors (Lipinski definition) is 1. The van der Waals surface area contributed by atoms with E-state index in [0.717, 1.165) is 23.7 Å². The normalized spacial score (nSPS) is 11.6. The number of carbonyl (C=O) groups excluding carboxylic acids is 1. The maximum Gasteiger partial charge on any atom is 0.416 e. The Kier molecular flexibility index (Phi) is 6.20. The number of benzene rings is 2. The van der Waals surface area contributed by atoms with Gasteiger partial charge in [-0.25, -0.2) is 0 Å². The Hall–Kier alpha value is -2.34. The van der Waals surface area contributed by atoms with Crippen LogP contribution in [0.15, 0.2) is 48.5 Å². The predicted octanol–water partition coefficient (Wildman–Crippen LogP) is 4.34. The van der Waals surface area contributed by atoms with Gasteiger partial charge < -0.3 is 5.32 Å². The molecule has 0 atom stereocenters. The highest BCUT2D eigenvalue weighted by Crippen LogP contribution is 2.32. The van der Waals surface area contributed by atoms with Gasteiger partial charge >= 0.3 is 6.18 Å². The first-order chi connectivity index (χ1) is 11.8. The summed E-state index contributed by atoms with van der Waals surface area (Å²) in [5, 5.41) is 2.82. The second kappa shape index (κ2) is 8.16. The van der Waals surface area contributed by atoms with E-state index in [1.54, 1.807) is 18.0 Å². The minimum absolute atomic E-state index is 0.00421. The monoisotopic (exact) mass is 350 g/mol. The molecule has 3 nitrogen and oxygen atoms in total. The van der Waals surface area contributed by atoms with Crippen molar-refractivity contribution in [1.82, 2.24) is 4.90 Å². The Labute approximate surface area is 145 Å². The Balaban J connectivity index is 2.01. The Morgan fingerprint density at radius 3 is 2.28 bits per heavy atom. The zero-order valence-corrected chi connectivity index (χ0v) is 14.2. The number of aryl methyl sites for hydroxylation is 1. The molecule has 6 heteroatoms. The first kappa shape index (κ1) is 19.0. The number of halogens is 3. The number of amides is 1. The fourth-order valence-electron chi connectivity index (χ4n) is 2.67. The van der Waals surface area contributed by atoms with Crippen molar-refractivity contribution in [2.24, 2.45) is 0 Å². The average Bonchev–Trinajstić information content (AvgIpc) is 2.54. The highest BCUT2D eigenvalue weighted by molar-refractivity contribution is 5.92. The van der Waals surface area contributed by atoms with Crippen LogP contribution < -0.4 is 5.32 Å². The number of likely N-dealkylation sites (N-methyl/N-ethyl adjacent to an activating group) is 1. The van der Waals surface area contributed by atoms with Crippen molar-refractivity contribution in [2.75, 3.05) is 18.9 Å². The van der Waals surface area contributed by atoms with E-state index in [0.29, 0.717) is 0 Å². The summed E-state index contributed by atoms with van der Waals surface area (Å²) in [5.41, 5.74) is 1.23. The van der Waals surface area contributed by atoms with E-state index in [1.165, 1.54) is 12.1 Å². The van der Waals surface area contributed by atoms with Crippen LogP contribution in [-0.4, -0.2) is 24.4 Å². The maximum absolute atomic E-state index is 13.0. The van der Waals surface area contributed by atoms with Crippen LogP contribution in [0.3, 0.4) is 0 Å². The molecule has 0 fully saturated rings. The molecule has 0 bridgehead atoms. The molecule has 0 aromatic heterocycles. The van der Waals surface area contributed by atoms with E-state index >= 15 is 0 Å². The van der Waals surface area contributed by atoms with Crippen molar-refractivity contribution in [3.63, 3.8) is 0 Å². The molecule has 0 radical (unpaired) electrons. The van der Waals surface area contributed by atoms with Crippen LogP contribution in [0.25, 0.3) is 0 Å². The third-order valence-electron chi connectivity index (χ3n) is 3.85. The summed E-state index contributed by atoms with van der Waals surface area (Å²) < 4.78 is 39.1. The maximum atomic E-state index is 13.0. The molecule has 0 unspecified atom stereocenters. The Morgan fingerprint density at radius 2 is 1.64 bits per heavy atom. The highest BCUT2D eigenvalue weighted by atomic mass is 19.4. The lowest BCUT2D eigenvalue weighted by atomic mass is 10.1. The topological polar surface area (TPSA) is 32.3 Å². The predicted molar refractivity (Wildman–Crippen MR) is 92.2 cm³/mol. The fraction of sp³-hybridized carbons (Fsp3) is 0.316. The molecule has 1 N–H and O–H groups in total. The van der Waals surface area contributed by atoms with Crippen LogP contribution in [0.5, 0.6) is 0 Å². The van der Waals surface area contributed by atoms with Gasteiger partial charge in [0.25, 0.3) is 0 Å². The van der Waals surface area contributed by atoms with E-state index in [1.807, 2.05) is 31.2 Å². The van der Waals surface area contributed by atoms with Crippen molar-refractivity contribution in [3.05, 3.63) is 65.2 Å². The first-order valence-electron chi connectivity index (χ1n) is 8.02. The molecule has 0 aliphatic rings. The summed E-state index contributed by atoms with van der Waals surface area (Å²) in [6.45, 7) is 2.04. The van der Waals surface area contributed by atoms with Crippen molar-refractivity contribution in [3.8, 4) is 0 Å². The minimum atomic E-state index is -4.40. The van der Waals surface area contributed by atoms with Crippen LogP contribution in [0.4, 0.5) is 18.9 Å². The Morgan fingerprint density at radius 1 is 1.04 bits per heavy atom. The third-order valence-corrected chi connectivity index (χ3v) is 3.85. The van der Waals surface area contributed by atoms with Crippen molar-refractivity contribution in [1.29, 1.82) is 0 Å². The number of nitrogens with one attached hydrogen (secondary N) is 1. The smallest absolute Gasteiger partial charge is 0.325 e. The molecule has 0 saturated carbocycles. The SMILES string of the molecule is CCc1ccccc1NC(=O)CN(C)Cc1ccccc1C(F)(F)F. The van der Waals surface area contributed by atoms with Crippen LogP contribution in [0.2, 0.25) is 0 Å².